The minimum Gasteiger partial charge on any atom is -0.493 e. The molecule has 1 rings (SSSR count). The van der Waals surface area contributed by atoms with Gasteiger partial charge in [-0.05, 0) is 37.5 Å². The lowest BCUT2D eigenvalue weighted by molar-refractivity contribution is 0.335. The molecular weight excluding hydrogens is 188 g/mol. The van der Waals surface area contributed by atoms with Crippen molar-refractivity contribution < 1.29 is 4.74 Å². The third-order valence-electron chi connectivity index (χ3n) is 2.45. The van der Waals surface area contributed by atoms with E-state index < -0.39 is 0 Å². The summed E-state index contributed by atoms with van der Waals surface area (Å²) in [5.74, 6) is 0.963. The Bertz CT molecular complexity index is 313. The Morgan fingerprint density at radius 1 is 1.27 bits per heavy atom. The number of hydrogen-bond acceptors (Lipinski definition) is 3. The largest absolute Gasteiger partial charge is 0.493 e. The van der Waals surface area contributed by atoms with Gasteiger partial charge in [-0.2, -0.15) is 0 Å². The van der Waals surface area contributed by atoms with E-state index in [1.807, 2.05) is 20.8 Å². The smallest absolute Gasteiger partial charge is 0.125 e. The normalized spacial score (nSPS) is 12.6. The molecule has 0 saturated heterocycles. The van der Waals surface area contributed by atoms with Crippen LogP contribution in [-0.2, 0) is 0 Å². The summed E-state index contributed by atoms with van der Waals surface area (Å²) < 4.78 is 5.56. The first kappa shape index (κ1) is 12.0. The zero-order valence-electron chi connectivity index (χ0n) is 9.71. The molecular formula is C12H20N2O. The van der Waals surface area contributed by atoms with Gasteiger partial charge in [0.2, 0.25) is 0 Å². The van der Waals surface area contributed by atoms with Gasteiger partial charge < -0.3 is 16.2 Å². The van der Waals surface area contributed by atoms with Gasteiger partial charge in [-0.15, -0.1) is 0 Å². The fraction of sp³-hybridized carbons (Fsp3) is 0.500. The van der Waals surface area contributed by atoms with E-state index in [2.05, 4.69) is 12.1 Å². The first-order valence-electron chi connectivity index (χ1n) is 5.29. The molecule has 1 aromatic carbocycles. The summed E-state index contributed by atoms with van der Waals surface area (Å²) in [5, 5.41) is 0. The van der Waals surface area contributed by atoms with E-state index in [0.717, 1.165) is 22.4 Å². The monoisotopic (exact) mass is 208 g/mol. The van der Waals surface area contributed by atoms with Crippen molar-refractivity contribution in [1.82, 2.24) is 0 Å². The molecule has 3 nitrogen and oxygen atoms in total. The molecule has 0 aliphatic carbocycles. The van der Waals surface area contributed by atoms with Crippen LogP contribution in [0.25, 0.3) is 0 Å². The Labute approximate surface area is 91.4 Å². The van der Waals surface area contributed by atoms with Crippen LogP contribution < -0.4 is 16.2 Å². The van der Waals surface area contributed by atoms with Gasteiger partial charge in [0.1, 0.15) is 5.75 Å². The second-order valence-corrected chi connectivity index (χ2v) is 3.76. The van der Waals surface area contributed by atoms with Crippen molar-refractivity contribution in [3.63, 3.8) is 0 Å². The number of benzene rings is 1. The molecule has 0 spiro atoms. The maximum absolute atomic E-state index is 5.89. The van der Waals surface area contributed by atoms with Crippen molar-refractivity contribution in [2.45, 2.75) is 26.8 Å². The van der Waals surface area contributed by atoms with E-state index in [0.29, 0.717) is 13.2 Å². The highest BCUT2D eigenvalue weighted by Gasteiger charge is 2.09. The summed E-state index contributed by atoms with van der Waals surface area (Å²) in [4.78, 5) is 0. The van der Waals surface area contributed by atoms with Crippen molar-refractivity contribution >= 4 is 0 Å². The summed E-state index contributed by atoms with van der Waals surface area (Å²) in [6, 6.07) is 4.02. The fourth-order valence-corrected chi connectivity index (χ4v) is 1.71. The summed E-state index contributed by atoms with van der Waals surface area (Å²) >= 11 is 0. The highest BCUT2D eigenvalue weighted by Crippen LogP contribution is 2.26. The van der Waals surface area contributed by atoms with Gasteiger partial charge >= 0.3 is 0 Å². The summed E-state index contributed by atoms with van der Waals surface area (Å²) in [5.41, 5.74) is 14.8. The maximum Gasteiger partial charge on any atom is 0.125 e. The van der Waals surface area contributed by atoms with Crippen molar-refractivity contribution in [3.05, 3.63) is 28.8 Å². The Kier molecular flexibility index (Phi) is 4.12. The lowest BCUT2D eigenvalue weighted by atomic mass is 10.0. The molecule has 0 amide bonds. The Balaban J connectivity index is 3.07. The lowest BCUT2D eigenvalue weighted by Gasteiger charge is -2.15. The predicted molar refractivity (Wildman–Crippen MR) is 63.1 cm³/mol. The van der Waals surface area contributed by atoms with E-state index in [1.54, 1.807) is 0 Å². The number of hydrogen-bond donors (Lipinski definition) is 2. The zero-order chi connectivity index (χ0) is 11.4. The average molecular weight is 208 g/mol. The number of aryl methyl sites for hydroxylation is 2. The molecule has 0 radical (unpaired) electrons. The molecule has 0 heterocycles. The second-order valence-electron chi connectivity index (χ2n) is 3.76. The minimum absolute atomic E-state index is 0.0851. The van der Waals surface area contributed by atoms with Crippen LogP contribution in [0, 0.1) is 13.8 Å². The van der Waals surface area contributed by atoms with Crippen LogP contribution >= 0.6 is 0 Å². The summed E-state index contributed by atoms with van der Waals surface area (Å²) in [6.07, 6.45) is 0. The SMILES string of the molecule is CCOc1c(C)cc(C(N)CN)cc1C. The van der Waals surface area contributed by atoms with Crippen molar-refractivity contribution in [1.29, 1.82) is 0 Å². The molecule has 4 N–H and O–H groups in total. The Hall–Kier alpha value is -1.06. The summed E-state index contributed by atoms with van der Waals surface area (Å²) in [6.45, 7) is 7.20. The minimum atomic E-state index is -0.0851. The topological polar surface area (TPSA) is 61.3 Å². The molecule has 1 aromatic rings. The van der Waals surface area contributed by atoms with E-state index in [-0.39, 0.29) is 6.04 Å². The summed E-state index contributed by atoms with van der Waals surface area (Å²) in [7, 11) is 0. The molecule has 0 saturated carbocycles. The van der Waals surface area contributed by atoms with Crippen LogP contribution in [0.4, 0.5) is 0 Å². The predicted octanol–water partition coefficient (Wildman–Crippen LogP) is 1.66. The average Bonchev–Trinajstić information content (AvgIpc) is 2.22. The van der Waals surface area contributed by atoms with Crippen molar-refractivity contribution in [2.24, 2.45) is 11.5 Å². The molecule has 1 atom stereocenters. The van der Waals surface area contributed by atoms with Crippen LogP contribution in [0.5, 0.6) is 5.75 Å². The van der Waals surface area contributed by atoms with Crippen LogP contribution in [0.3, 0.4) is 0 Å². The van der Waals surface area contributed by atoms with Crippen molar-refractivity contribution in [3.8, 4) is 5.75 Å². The quantitative estimate of drug-likeness (QED) is 0.791. The van der Waals surface area contributed by atoms with Crippen LogP contribution in [0.15, 0.2) is 12.1 Å². The van der Waals surface area contributed by atoms with Gasteiger partial charge in [0, 0.05) is 12.6 Å². The third-order valence-corrected chi connectivity index (χ3v) is 2.45. The van der Waals surface area contributed by atoms with Gasteiger partial charge in [0.15, 0.2) is 0 Å². The molecule has 0 aliphatic heterocycles. The molecule has 1 unspecified atom stereocenters. The molecule has 0 fully saturated rings. The maximum atomic E-state index is 5.89. The highest BCUT2D eigenvalue weighted by molar-refractivity contribution is 5.44. The molecule has 15 heavy (non-hydrogen) atoms. The van der Waals surface area contributed by atoms with Gasteiger partial charge in [-0.1, -0.05) is 12.1 Å². The molecule has 0 aromatic heterocycles. The third kappa shape index (κ3) is 2.70. The second kappa shape index (κ2) is 5.14. The number of ether oxygens (including phenoxy) is 1. The molecule has 84 valence electrons. The van der Waals surface area contributed by atoms with Gasteiger partial charge in [-0.25, -0.2) is 0 Å². The lowest BCUT2D eigenvalue weighted by Crippen LogP contribution is -2.21. The first-order chi connectivity index (χ1) is 7.10. The number of rotatable bonds is 4. The molecule has 0 bridgehead atoms. The van der Waals surface area contributed by atoms with E-state index in [1.165, 1.54) is 0 Å². The van der Waals surface area contributed by atoms with Gasteiger partial charge in [-0.3, -0.25) is 0 Å². The number of nitrogens with two attached hydrogens (primary N) is 2. The van der Waals surface area contributed by atoms with Gasteiger partial charge in [0.05, 0.1) is 6.61 Å². The molecule has 0 aliphatic rings. The fourth-order valence-electron chi connectivity index (χ4n) is 1.71. The first-order valence-corrected chi connectivity index (χ1v) is 5.29. The van der Waals surface area contributed by atoms with Crippen LogP contribution in [0.1, 0.15) is 29.7 Å². The van der Waals surface area contributed by atoms with E-state index in [9.17, 15) is 0 Å². The van der Waals surface area contributed by atoms with Crippen molar-refractivity contribution in [2.75, 3.05) is 13.2 Å². The Morgan fingerprint density at radius 2 is 1.80 bits per heavy atom. The molecule has 3 heteroatoms. The van der Waals surface area contributed by atoms with E-state index in [4.69, 9.17) is 16.2 Å². The van der Waals surface area contributed by atoms with Gasteiger partial charge in [0.25, 0.3) is 0 Å². The Morgan fingerprint density at radius 3 is 2.20 bits per heavy atom. The highest BCUT2D eigenvalue weighted by atomic mass is 16.5. The van der Waals surface area contributed by atoms with E-state index >= 15 is 0 Å². The van der Waals surface area contributed by atoms with Crippen LogP contribution in [-0.4, -0.2) is 13.2 Å². The zero-order valence-corrected chi connectivity index (χ0v) is 9.71. The van der Waals surface area contributed by atoms with Crippen LogP contribution in [0.2, 0.25) is 0 Å². The standard InChI is InChI=1S/C12H20N2O/c1-4-15-12-8(2)5-10(6-9(12)3)11(14)7-13/h5-6,11H,4,7,13-14H2,1-3H3.